The minimum absolute atomic E-state index is 0.311. The van der Waals surface area contributed by atoms with Crippen LogP contribution >= 0.6 is 0 Å². The van der Waals surface area contributed by atoms with Crippen LogP contribution in [0.4, 0.5) is 0 Å². The van der Waals surface area contributed by atoms with Crippen molar-refractivity contribution in [1.82, 2.24) is 4.98 Å². The number of benzene rings is 1. The maximum absolute atomic E-state index is 10.8. The smallest absolute Gasteiger partial charge is 0.335 e. The zero-order valence-electron chi connectivity index (χ0n) is 9.77. The van der Waals surface area contributed by atoms with Crippen molar-refractivity contribution in [1.29, 1.82) is 0 Å². The first-order valence-electron chi connectivity index (χ1n) is 5.35. The van der Waals surface area contributed by atoms with Crippen molar-refractivity contribution < 1.29 is 9.90 Å². The molecule has 0 saturated carbocycles. The van der Waals surface area contributed by atoms with E-state index >= 15 is 0 Å². The van der Waals surface area contributed by atoms with E-state index in [0.717, 1.165) is 22.4 Å². The summed E-state index contributed by atoms with van der Waals surface area (Å²) in [4.78, 5) is 15.1. The third kappa shape index (κ3) is 2.33. The summed E-state index contributed by atoms with van der Waals surface area (Å²) in [5.74, 6) is -0.901. The van der Waals surface area contributed by atoms with Crippen LogP contribution in [0.25, 0.3) is 11.1 Å². The second-order valence-electron chi connectivity index (χ2n) is 4.02. The number of rotatable bonds is 2. The van der Waals surface area contributed by atoms with Crippen molar-refractivity contribution in [2.24, 2.45) is 0 Å². The maximum Gasteiger partial charge on any atom is 0.335 e. The molecule has 0 aliphatic rings. The number of aryl methyl sites for hydroxylation is 2. The van der Waals surface area contributed by atoms with Crippen LogP contribution in [0.2, 0.25) is 0 Å². The lowest BCUT2D eigenvalue weighted by atomic mass is 9.99. The van der Waals surface area contributed by atoms with Crippen LogP contribution < -0.4 is 0 Å². The molecule has 0 atom stereocenters. The predicted octanol–water partition coefficient (Wildman–Crippen LogP) is 3.06. The van der Waals surface area contributed by atoms with Crippen LogP contribution in [0, 0.1) is 13.8 Å². The third-order valence-corrected chi connectivity index (χ3v) is 2.70. The maximum atomic E-state index is 10.8. The van der Waals surface area contributed by atoms with E-state index in [1.165, 1.54) is 0 Å². The number of carboxylic acids is 1. The first kappa shape index (κ1) is 11.3. The van der Waals surface area contributed by atoms with Gasteiger partial charge in [-0.3, -0.25) is 4.98 Å². The first-order valence-corrected chi connectivity index (χ1v) is 5.35. The van der Waals surface area contributed by atoms with Crippen molar-refractivity contribution in [2.45, 2.75) is 13.8 Å². The van der Waals surface area contributed by atoms with Gasteiger partial charge in [0.05, 0.1) is 5.56 Å². The molecular weight excluding hydrogens is 214 g/mol. The molecule has 86 valence electrons. The van der Waals surface area contributed by atoms with Gasteiger partial charge in [-0.2, -0.15) is 0 Å². The van der Waals surface area contributed by atoms with Crippen molar-refractivity contribution in [3.05, 3.63) is 53.3 Å². The molecule has 2 aromatic rings. The molecule has 0 aliphatic carbocycles. The van der Waals surface area contributed by atoms with E-state index in [1.807, 2.05) is 32.0 Å². The van der Waals surface area contributed by atoms with E-state index in [9.17, 15) is 4.79 Å². The number of carbonyl (C=O) groups is 1. The van der Waals surface area contributed by atoms with Crippen LogP contribution in [0.1, 0.15) is 21.6 Å². The van der Waals surface area contributed by atoms with E-state index in [-0.39, 0.29) is 0 Å². The molecule has 1 N–H and O–H groups in total. The Balaban J connectivity index is 2.46. The van der Waals surface area contributed by atoms with Gasteiger partial charge in [-0.05, 0) is 43.2 Å². The molecule has 0 radical (unpaired) electrons. The second-order valence-corrected chi connectivity index (χ2v) is 4.02. The van der Waals surface area contributed by atoms with Crippen LogP contribution in [-0.2, 0) is 0 Å². The Labute approximate surface area is 99.8 Å². The molecule has 0 saturated heterocycles. The number of nitrogens with zero attached hydrogens (tertiary/aromatic N) is 1. The number of hydrogen-bond acceptors (Lipinski definition) is 2. The summed E-state index contributed by atoms with van der Waals surface area (Å²) in [6, 6.07) is 9.05. The second kappa shape index (κ2) is 4.37. The summed E-state index contributed by atoms with van der Waals surface area (Å²) < 4.78 is 0. The molecular formula is C14H13NO2. The van der Waals surface area contributed by atoms with Gasteiger partial charge in [0.15, 0.2) is 0 Å². The number of aromatic nitrogens is 1. The topological polar surface area (TPSA) is 50.2 Å². The van der Waals surface area contributed by atoms with Crippen molar-refractivity contribution in [2.75, 3.05) is 0 Å². The van der Waals surface area contributed by atoms with Gasteiger partial charge in [-0.25, -0.2) is 4.79 Å². The fraction of sp³-hybridized carbons (Fsp3) is 0.143. The standard InChI is InChI=1S/C14H13NO2/c1-9-7-11(14(16)17)5-6-13(9)12-4-3-10(2)15-8-12/h3-8H,1-2H3,(H,16,17). The van der Waals surface area contributed by atoms with Gasteiger partial charge >= 0.3 is 5.97 Å². The fourth-order valence-corrected chi connectivity index (χ4v) is 1.75. The molecule has 17 heavy (non-hydrogen) atoms. The van der Waals surface area contributed by atoms with Crippen LogP contribution in [0.15, 0.2) is 36.5 Å². The molecule has 1 aromatic carbocycles. The Morgan fingerprint density at radius 1 is 1.18 bits per heavy atom. The zero-order valence-corrected chi connectivity index (χ0v) is 9.77. The quantitative estimate of drug-likeness (QED) is 0.857. The molecule has 0 unspecified atom stereocenters. The SMILES string of the molecule is Cc1ccc(-c2ccc(C(=O)O)cc2C)cn1. The Hall–Kier alpha value is -2.16. The lowest BCUT2D eigenvalue weighted by molar-refractivity contribution is 0.0697. The molecule has 0 amide bonds. The molecule has 1 heterocycles. The number of aromatic carboxylic acids is 1. The summed E-state index contributed by atoms with van der Waals surface area (Å²) >= 11 is 0. The molecule has 0 spiro atoms. The highest BCUT2D eigenvalue weighted by Crippen LogP contribution is 2.23. The highest BCUT2D eigenvalue weighted by atomic mass is 16.4. The summed E-state index contributed by atoms with van der Waals surface area (Å²) in [5.41, 5.74) is 4.24. The summed E-state index contributed by atoms with van der Waals surface area (Å²) in [7, 11) is 0. The summed E-state index contributed by atoms with van der Waals surface area (Å²) in [6.07, 6.45) is 1.80. The number of carboxylic acid groups (broad SMARTS) is 1. The van der Waals surface area contributed by atoms with Gasteiger partial charge in [0.25, 0.3) is 0 Å². The Kier molecular flexibility index (Phi) is 2.91. The highest BCUT2D eigenvalue weighted by Gasteiger charge is 2.07. The monoisotopic (exact) mass is 227 g/mol. The largest absolute Gasteiger partial charge is 0.478 e. The van der Waals surface area contributed by atoms with Crippen LogP contribution in [0.5, 0.6) is 0 Å². The summed E-state index contributed by atoms with van der Waals surface area (Å²) in [6.45, 7) is 3.84. The van der Waals surface area contributed by atoms with Gasteiger partial charge in [-0.1, -0.05) is 12.1 Å². The minimum Gasteiger partial charge on any atom is -0.478 e. The van der Waals surface area contributed by atoms with E-state index in [1.54, 1.807) is 18.3 Å². The average molecular weight is 227 g/mol. The molecule has 0 fully saturated rings. The Morgan fingerprint density at radius 2 is 1.94 bits per heavy atom. The molecule has 2 rings (SSSR count). The van der Waals surface area contributed by atoms with Gasteiger partial charge in [0, 0.05) is 17.5 Å². The van der Waals surface area contributed by atoms with Crippen LogP contribution in [-0.4, -0.2) is 16.1 Å². The Bertz CT molecular complexity index is 559. The lowest BCUT2D eigenvalue weighted by Crippen LogP contribution is -1.97. The van der Waals surface area contributed by atoms with E-state index < -0.39 is 5.97 Å². The van der Waals surface area contributed by atoms with E-state index in [0.29, 0.717) is 5.56 Å². The fourth-order valence-electron chi connectivity index (χ4n) is 1.75. The molecule has 0 aliphatic heterocycles. The van der Waals surface area contributed by atoms with Crippen molar-refractivity contribution >= 4 is 5.97 Å². The van der Waals surface area contributed by atoms with Crippen LogP contribution in [0.3, 0.4) is 0 Å². The third-order valence-electron chi connectivity index (χ3n) is 2.70. The molecule has 1 aromatic heterocycles. The Morgan fingerprint density at radius 3 is 2.47 bits per heavy atom. The van der Waals surface area contributed by atoms with Gasteiger partial charge in [0.1, 0.15) is 0 Å². The van der Waals surface area contributed by atoms with Gasteiger partial charge < -0.3 is 5.11 Å². The normalized spacial score (nSPS) is 10.2. The number of pyridine rings is 1. The van der Waals surface area contributed by atoms with Gasteiger partial charge in [-0.15, -0.1) is 0 Å². The predicted molar refractivity (Wildman–Crippen MR) is 66.1 cm³/mol. The number of hydrogen-bond donors (Lipinski definition) is 1. The average Bonchev–Trinajstić information content (AvgIpc) is 2.30. The molecule has 0 bridgehead atoms. The van der Waals surface area contributed by atoms with E-state index in [2.05, 4.69) is 4.98 Å². The lowest BCUT2D eigenvalue weighted by Gasteiger charge is -2.07. The zero-order chi connectivity index (χ0) is 12.4. The molecule has 3 heteroatoms. The van der Waals surface area contributed by atoms with Crippen molar-refractivity contribution in [3.63, 3.8) is 0 Å². The van der Waals surface area contributed by atoms with Gasteiger partial charge in [0.2, 0.25) is 0 Å². The summed E-state index contributed by atoms with van der Waals surface area (Å²) in [5, 5.41) is 8.89. The van der Waals surface area contributed by atoms with Crippen molar-refractivity contribution in [3.8, 4) is 11.1 Å². The minimum atomic E-state index is -0.901. The first-order chi connectivity index (χ1) is 8.08. The molecule has 3 nitrogen and oxygen atoms in total. The highest BCUT2D eigenvalue weighted by molar-refractivity contribution is 5.89. The van der Waals surface area contributed by atoms with E-state index in [4.69, 9.17) is 5.11 Å².